The van der Waals surface area contributed by atoms with Gasteiger partial charge in [0.25, 0.3) is 11.5 Å². The van der Waals surface area contributed by atoms with Gasteiger partial charge >= 0.3 is 0 Å². The van der Waals surface area contributed by atoms with Crippen LogP contribution in [0.4, 0.5) is 11.4 Å². The Morgan fingerprint density at radius 1 is 1.30 bits per heavy atom. The molecule has 0 radical (unpaired) electrons. The topological polar surface area (TPSA) is 86.3 Å². The predicted molar refractivity (Wildman–Crippen MR) is 77.0 cm³/mol. The van der Waals surface area contributed by atoms with Crippen molar-refractivity contribution in [3.63, 3.8) is 0 Å². The summed E-state index contributed by atoms with van der Waals surface area (Å²) in [7, 11) is 3.14. The maximum atomic E-state index is 12.1. The molecule has 6 heteroatoms. The number of anilines is 2. The lowest BCUT2D eigenvalue weighted by Crippen LogP contribution is -2.20. The van der Waals surface area contributed by atoms with Crippen LogP contribution in [0.1, 0.15) is 10.4 Å². The van der Waals surface area contributed by atoms with Gasteiger partial charge in [0.15, 0.2) is 0 Å². The van der Waals surface area contributed by atoms with E-state index in [1.165, 1.54) is 23.9 Å². The Morgan fingerprint density at radius 2 is 2.05 bits per heavy atom. The summed E-state index contributed by atoms with van der Waals surface area (Å²) in [5.74, 6) is 0.182. The summed E-state index contributed by atoms with van der Waals surface area (Å²) in [4.78, 5) is 23.6. The van der Waals surface area contributed by atoms with Crippen molar-refractivity contribution in [1.29, 1.82) is 0 Å². The number of carbonyl (C=O) groups excluding carboxylic acids is 1. The molecule has 0 fully saturated rings. The Kier molecular flexibility index (Phi) is 3.74. The van der Waals surface area contributed by atoms with Gasteiger partial charge in [-0.3, -0.25) is 9.59 Å². The quantitative estimate of drug-likeness (QED) is 0.823. The second-order valence-electron chi connectivity index (χ2n) is 4.27. The first kappa shape index (κ1) is 13.7. The fourth-order valence-electron chi connectivity index (χ4n) is 1.65. The van der Waals surface area contributed by atoms with Crippen molar-refractivity contribution in [2.75, 3.05) is 18.2 Å². The van der Waals surface area contributed by atoms with Gasteiger partial charge in [0.1, 0.15) is 5.75 Å². The van der Waals surface area contributed by atoms with Crippen LogP contribution in [0.2, 0.25) is 0 Å². The molecule has 0 bridgehead atoms. The summed E-state index contributed by atoms with van der Waals surface area (Å²) in [5, 5.41) is 2.66. The van der Waals surface area contributed by atoms with E-state index in [0.29, 0.717) is 17.1 Å². The average molecular weight is 273 g/mol. The molecule has 3 N–H and O–H groups in total. The molecule has 0 aliphatic rings. The first-order chi connectivity index (χ1) is 9.51. The van der Waals surface area contributed by atoms with Crippen molar-refractivity contribution >= 4 is 17.3 Å². The van der Waals surface area contributed by atoms with Crippen LogP contribution in [0, 0.1) is 0 Å². The molecule has 0 aliphatic carbocycles. The standard InChI is InChI=1S/C14H15N3O3/c1-17-6-5-9(7-13(17)18)14(19)16-12-8-10(20-2)3-4-11(12)15/h3-8H,15H2,1-2H3,(H,16,19). The van der Waals surface area contributed by atoms with Gasteiger partial charge in [0.2, 0.25) is 0 Å². The normalized spacial score (nSPS) is 10.1. The molecule has 0 saturated heterocycles. The zero-order valence-corrected chi connectivity index (χ0v) is 11.2. The van der Waals surface area contributed by atoms with E-state index in [0.717, 1.165) is 0 Å². The summed E-state index contributed by atoms with van der Waals surface area (Å²) in [6, 6.07) is 7.79. The van der Waals surface area contributed by atoms with Gasteiger partial charge in [0, 0.05) is 30.9 Å². The van der Waals surface area contributed by atoms with Gasteiger partial charge in [-0.25, -0.2) is 0 Å². The van der Waals surface area contributed by atoms with E-state index in [2.05, 4.69) is 5.32 Å². The fraction of sp³-hybridized carbons (Fsp3) is 0.143. The van der Waals surface area contributed by atoms with Crippen LogP contribution in [-0.4, -0.2) is 17.6 Å². The van der Waals surface area contributed by atoms with Crippen molar-refractivity contribution < 1.29 is 9.53 Å². The highest BCUT2D eigenvalue weighted by Gasteiger charge is 2.10. The maximum Gasteiger partial charge on any atom is 0.255 e. The number of methoxy groups -OCH3 is 1. The first-order valence-electron chi connectivity index (χ1n) is 5.93. The van der Waals surface area contributed by atoms with Crippen LogP contribution < -0.4 is 21.3 Å². The number of hydrogen-bond donors (Lipinski definition) is 2. The lowest BCUT2D eigenvalue weighted by atomic mass is 10.2. The number of aromatic nitrogens is 1. The molecule has 1 amide bonds. The highest BCUT2D eigenvalue weighted by Crippen LogP contribution is 2.24. The van der Waals surface area contributed by atoms with Gasteiger partial charge in [-0.05, 0) is 18.2 Å². The molecule has 6 nitrogen and oxygen atoms in total. The third kappa shape index (κ3) is 2.80. The van der Waals surface area contributed by atoms with E-state index < -0.39 is 5.91 Å². The number of carbonyl (C=O) groups is 1. The molecule has 1 aromatic heterocycles. The fourth-order valence-corrected chi connectivity index (χ4v) is 1.65. The van der Waals surface area contributed by atoms with E-state index in [1.807, 2.05) is 0 Å². The van der Waals surface area contributed by atoms with Crippen molar-refractivity contribution in [1.82, 2.24) is 4.57 Å². The monoisotopic (exact) mass is 273 g/mol. The van der Waals surface area contributed by atoms with Crippen LogP contribution in [-0.2, 0) is 7.05 Å². The van der Waals surface area contributed by atoms with Gasteiger partial charge in [-0.2, -0.15) is 0 Å². The molecule has 0 spiro atoms. The molecule has 104 valence electrons. The number of rotatable bonds is 3. The molecular formula is C14H15N3O3. The Labute approximate surface area is 115 Å². The molecular weight excluding hydrogens is 258 g/mol. The first-order valence-corrected chi connectivity index (χ1v) is 5.93. The van der Waals surface area contributed by atoms with Crippen molar-refractivity contribution in [3.05, 3.63) is 52.4 Å². The summed E-state index contributed by atoms with van der Waals surface area (Å²) < 4.78 is 6.46. The third-order valence-electron chi connectivity index (χ3n) is 2.88. The zero-order valence-electron chi connectivity index (χ0n) is 11.2. The second-order valence-corrected chi connectivity index (χ2v) is 4.27. The largest absolute Gasteiger partial charge is 0.497 e. The molecule has 2 rings (SSSR count). The van der Waals surface area contributed by atoms with E-state index in [1.54, 1.807) is 31.3 Å². The number of nitrogen functional groups attached to an aromatic ring is 1. The lowest BCUT2D eigenvalue weighted by molar-refractivity contribution is 0.102. The van der Waals surface area contributed by atoms with Gasteiger partial charge < -0.3 is 20.4 Å². The zero-order chi connectivity index (χ0) is 14.7. The van der Waals surface area contributed by atoms with Crippen molar-refractivity contribution in [3.8, 4) is 5.75 Å². The minimum atomic E-state index is -0.400. The number of pyridine rings is 1. The lowest BCUT2D eigenvalue weighted by Gasteiger charge is -2.10. The number of nitrogens with one attached hydrogen (secondary N) is 1. The van der Waals surface area contributed by atoms with Crippen LogP contribution >= 0.6 is 0 Å². The Bertz CT molecular complexity index is 707. The Morgan fingerprint density at radius 3 is 2.70 bits per heavy atom. The maximum absolute atomic E-state index is 12.1. The molecule has 1 heterocycles. The predicted octanol–water partition coefficient (Wildman–Crippen LogP) is 1.23. The van der Waals surface area contributed by atoms with E-state index in [9.17, 15) is 9.59 Å². The third-order valence-corrected chi connectivity index (χ3v) is 2.88. The number of amides is 1. The van der Waals surface area contributed by atoms with Crippen LogP contribution in [0.5, 0.6) is 5.75 Å². The van der Waals surface area contributed by atoms with Gasteiger partial charge in [-0.15, -0.1) is 0 Å². The van der Waals surface area contributed by atoms with E-state index in [-0.39, 0.29) is 11.1 Å². The SMILES string of the molecule is COc1ccc(N)c(NC(=O)c2ccn(C)c(=O)c2)c1. The molecule has 0 aliphatic heterocycles. The van der Waals surface area contributed by atoms with Crippen LogP contribution in [0.25, 0.3) is 0 Å². The second kappa shape index (κ2) is 5.48. The number of hydrogen-bond acceptors (Lipinski definition) is 4. The smallest absolute Gasteiger partial charge is 0.255 e. The Balaban J connectivity index is 2.27. The summed E-state index contributed by atoms with van der Waals surface area (Å²) in [6.45, 7) is 0. The van der Waals surface area contributed by atoms with Gasteiger partial charge in [-0.1, -0.05) is 0 Å². The number of ether oxygens (including phenoxy) is 1. The Hall–Kier alpha value is -2.76. The number of nitrogens with two attached hydrogens (primary N) is 1. The number of aryl methyl sites for hydroxylation is 1. The molecule has 2 aromatic rings. The van der Waals surface area contributed by atoms with E-state index in [4.69, 9.17) is 10.5 Å². The van der Waals surface area contributed by atoms with Crippen LogP contribution in [0.15, 0.2) is 41.3 Å². The highest BCUT2D eigenvalue weighted by atomic mass is 16.5. The molecule has 0 unspecified atom stereocenters. The summed E-state index contributed by atoms with van der Waals surface area (Å²) in [6.07, 6.45) is 1.53. The number of nitrogens with zero attached hydrogens (tertiary/aromatic N) is 1. The van der Waals surface area contributed by atoms with Crippen molar-refractivity contribution in [2.45, 2.75) is 0 Å². The minimum absolute atomic E-state index is 0.253. The minimum Gasteiger partial charge on any atom is -0.497 e. The number of benzene rings is 1. The molecule has 1 aromatic carbocycles. The van der Waals surface area contributed by atoms with Gasteiger partial charge in [0.05, 0.1) is 18.5 Å². The van der Waals surface area contributed by atoms with E-state index >= 15 is 0 Å². The van der Waals surface area contributed by atoms with Crippen LogP contribution in [0.3, 0.4) is 0 Å². The highest BCUT2D eigenvalue weighted by molar-refractivity contribution is 6.05. The van der Waals surface area contributed by atoms with Crippen molar-refractivity contribution in [2.24, 2.45) is 7.05 Å². The molecule has 0 atom stereocenters. The summed E-state index contributed by atoms with van der Waals surface area (Å²) >= 11 is 0. The average Bonchev–Trinajstić information content (AvgIpc) is 2.44. The molecule has 20 heavy (non-hydrogen) atoms. The molecule has 0 saturated carbocycles. The summed E-state index contributed by atoms with van der Waals surface area (Å²) in [5.41, 5.74) is 6.67.